The van der Waals surface area contributed by atoms with E-state index in [0.717, 1.165) is 19.0 Å². The maximum absolute atomic E-state index is 3.56. The van der Waals surface area contributed by atoms with Crippen molar-refractivity contribution in [1.82, 2.24) is 10.2 Å². The first kappa shape index (κ1) is 18.2. The van der Waals surface area contributed by atoms with Gasteiger partial charge in [-0.3, -0.25) is 0 Å². The fourth-order valence-electron chi connectivity index (χ4n) is 3.78. The van der Waals surface area contributed by atoms with Gasteiger partial charge in [0, 0.05) is 6.54 Å². The number of piperidine rings is 1. The molecule has 1 aliphatic heterocycles. The molecule has 2 nitrogen and oxygen atoms in total. The van der Waals surface area contributed by atoms with E-state index in [1.54, 1.807) is 0 Å². The third-order valence-corrected chi connectivity index (χ3v) is 5.32. The molecule has 0 atom stereocenters. The predicted octanol–water partition coefficient (Wildman–Crippen LogP) is 4.51. The maximum Gasteiger partial charge on any atom is 0.0205 e. The Kier molecular flexibility index (Phi) is 7.54. The zero-order valence-corrected chi connectivity index (χ0v) is 15.4. The van der Waals surface area contributed by atoms with E-state index in [9.17, 15) is 0 Å². The van der Waals surface area contributed by atoms with E-state index >= 15 is 0 Å². The summed E-state index contributed by atoms with van der Waals surface area (Å²) < 4.78 is 0. The summed E-state index contributed by atoms with van der Waals surface area (Å²) in [6.45, 7) is 5.96. The predicted molar refractivity (Wildman–Crippen MR) is 107 cm³/mol. The van der Waals surface area contributed by atoms with Gasteiger partial charge in [-0.05, 0) is 75.3 Å². The van der Waals surface area contributed by atoms with E-state index in [2.05, 4.69) is 70.9 Å². The van der Waals surface area contributed by atoms with Gasteiger partial charge < -0.3 is 10.2 Å². The molecule has 3 rings (SSSR count). The molecule has 0 bridgehead atoms. The van der Waals surface area contributed by atoms with Crippen LogP contribution in [0.5, 0.6) is 0 Å². The fourth-order valence-corrected chi connectivity index (χ4v) is 3.78. The summed E-state index contributed by atoms with van der Waals surface area (Å²) in [5.41, 5.74) is 2.88. The Morgan fingerprint density at radius 1 is 0.800 bits per heavy atom. The molecule has 2 aromatic carbocycles. The first-order valence-electron chi connectivity index (χ1n) is 9.91. The highest BCUT2D eigenvalue weighted by Gasteiger charge is 2.18. The molecule has 25 heavy (non-hydrogen) atoms. The lowest BCUT2D eigenvalue weighted by atomic mass is 9.90. The van der Waals surface area contributed by atoms with Gasteiger partial charge in [-0.15, -0.1) is 0 Å². The summed E-state index contributed by atoms with van der Waals surface area (Å²) >= 11 is 0. The Bertz CT molecular complexity index is 574. The number of hydrogen-bond donors (Lipinski definition) is 1. The highest BCUT2D eigenvalue weighted by Crippen LogP contribution is 2.21. The van der Waals surface area contributed by atoms with Crippen molar-refractivity contribution in [2.45, 2.75) is 38.6 Å². The first-order valence-corrected chi connectivity index (χ1v) is 9.91. The van der Waals surface area contributed by atoms with Gasteiger partial charge in [0.15, 0.2) is 0 Å². The minimum absolute atomic E-state index is 0.881. The van der Waals surface area contributed by atoms with Crippen LogP contribution in [0, 0.1) is 5.92 Å². The summed E-state index contributed by atoms with van der Waals surface area (Å²) in [5.74, 6) is 0.881. The van der Waals surface area contributed by atoms with Gasteiger partial charge in [0.2, 0.25) is 0 Å². The zero-order valence-electron chi connectivity index (χ0n) is 15.4. The average Bonchev–Trinajstić information content (AvgIpc) is 2.67. The lowest BCUT2D eigenvalue weighted by Crippen LogP contribution is -2.35. The molecule has 1 saturated heterocycles. The highest BCUT2D eigenvalue weighted by atomic mass is 15.1. The smallest absolute Gasteiger partial charge is 0.0205 e. The molecule has 0 aliphatic carbocycles. The van der Waals surface area contributed by atoms with Crippen molar-refractivity contribution in [3.05, 3.63) is 71.8 Å². The SMILES string of the molecule is c1ccc(CNCCCCN2CCC(Cc3ccccc3)CC2)cc1. The van der Waals surface area contributed by atoms with E-state index < -0.39 is 0 Å². The van der Waals surface area contributed by atoms with Crippen LogP contribution in [0.2, 0.25) is 0 Å². The summed E-state index contributed by atoms with van der Waals surface area (Å²) in [5, 5.41) is 3.56. The second-order valence-corrected chi connectivity index (χ2v) is 7.34. The molecular weight excluding hydrogens is 304 g/mol. The Morgan fingerprint density at radius 2 is 1.44 bits per heavy atom. The summed E-state index contributed by atoms with van der Waals surface area (Å²) in [6.07, 6.45) is 6.57. The molecule has 0 aromatic heterocycles. The van der Waals surface area contributed by atoms with Crippen LogP contribution in [0.25, 0.3) is 0 Å². The van der Waals surface area contributed by atoms with Gasteiger partial charge in [-0.25, -0.2) is 0 Å². The standard InChI is InChI=1S/C23H32N2/c1-3-9-21(10-4-1)19-22-13-17-25(18-14-22)16-8-7-15-24-20-23-11-5-2-6-12-23/h1-6,9-12,22,24H,7-8,13-20H2. The highest BCUT2D eigenvalue weighted by molar-refractivity contribution is 5.15. The van der Waals surface area contributed by atoms with Gasteiger partial charge in [0.1, 0.15) is 0 Å². The van der Waals surface area contributed by atoms with E-state index in [1.165, 1.54) is 62.9 Å². The number of benzene rings is 2. The molecule has 2 heteroatoms. The Morgan fingerprint density at radius 3 is 2.12 bits per heavy atom. The van der Waals surface area contributed by atoms with Crippen LogP contribution in [-0.4, -0.2) is 31.1 Å². The van der Waals surface area contributed by atoms with Gasteiger partial charge in [-0.1, -0.05) is 60.7 Å². The van der Waals surface area contributed by atoms with Crippen molar-refractivity contribution in [3.8, 4) is 0 Å². The number of rotatable bonds is 9. The lowest BCUT2D eigenvalue weighted by molar-refractivity contribution is 0.181. The van der Waals surface area contributed by atoms with Crippen molar-refractivity contribution in [2.24, 2.45) is 5.92 Å². The second kappa shape index (κ2) is 10.4. The molecule has 1 fully saturated rings. The summed E-state index contributed by atoms with van der Waals surface area (Å²) in [7, 11) is 0. The number of unbranched alkanes of at least 4 members (excludes halogenated alkanes) is 1. The number of likely N-dealkylation sites (tertiary alicyclic amines) is 1. The molecule has 134 valence electrons. The van der Waals surface area contributed by atoms with Crippen LogP contribution in [0.4, 0.5) is 0 Å². The van der Waals surface area contributed by atoms with Crippen LogP contribution in [0.1, 0.15) is 36.8 Å². The Labute approximate surface area is 153 Å². The average molecular weight is 337 g/mol. The van der Waals surface area contributed by atoms with E-state index in [1.807, 2.05) is 0 Å². The molecule has 0 unspecified atom stereocenters. The maximum atomic E-state index is 3.56. The van der Waals surface area contributed by atoms with Gasteiger partial charge in [0.05, 0.1) is 0 Å². The molecule has 2 aromatic rings. The number of nitrogens with zero attached hydrogens (tertiary/aromatic N) is 1. The summed E-state index contributed by atoms with van der Waals surface area (Å²) in [4.78, 5) is 2.67. The number of nitrogens with one attached hydrogen (secondary N) is 1. The minimum Gasteiger partial charge on any atom is -0.313 e. The zero-order chi connectivity index (χ0) is 17.2. The van der Waals surface area contributed by atoms with Crippen LogP contribution in [-0.2, 0) is 13.0 Å². The summed E-state index contributed by atoms with van der Waals surface area (Å²) in [6, 6.07) is 21.7. The molecular formula is C23H32N2. The Balaban J connectivity index is 1.22. The van der Waals surface area contributed by atoms with Crippen LogP contribution in [0.15, 0.2) is 60.7 Å². The van der Waals surface area contributed by atoms with Gasteiger partial charge in [0.25, 0.3) is 0 Å². The molecule has 0 radical (unpaired) electrons. The van der Waals surface area contributed by atoms with Crippen molar-refractivity contribution in [3.63, 3.8) is 0 Å². The molecule has 0 spiro atoms. The molecule has 1 heterocycles. The quantitative estimate of drug-likeness (QED) is 0.678. The van der Waals surface area contributed by atoms with Gasteiger partial charge >= 0.3 is 0 Å². The topological polar surface area (TPSA) is 15.3 Å². The van der Waals surface area contributed by atoms with Crippen molar-refractivity contribution < 1.29 is 0 Å². The third kappa shape index (κ3) is 6.64. The Hall–Kier alpha value is -1.64. The van der Waals surface area contributed by atoms with E-state index in [-0.39, 0.29) is 0 Å². The molecule has 1 N–H and O–H groups in total. The minimum atomic E-state index is 0.881. The van der Waals surface area contributed by atoms with Gasteiger partial charge in [-0.2, -0.15) is 0 Å². The lowest BCUT2D eigenvalue weighted by Gasteiger charge is -2.32. The molecule has 1 aliphatic rings. The van der Waals surface area contributed by atoms with Crippen molar-refractivity contribution in [1.29, 1.82) is 0 Å². The normalized spacial score (nSPS) is 16.2. The first-order chi connectivity index (χ1) is 12.4. The van der Waals surface area contributed by atoms with E-state index in [0.29, 0.717) is 0 Å². The van der Waals surface area contributed by atoms with Crippen molar-refractivity contribution >= 4 is 0 Å². The monoisotopic (exact) mass is 336 g/mol. The van der Waals surface area contributed by atoms with Crippen molar-refractivity contribution in [2.75, 3.05) is 26.2 Å². The van der Waals surface area contributed by atoms with Crippen LogP contribution in [0.3, 0.4) is 0 Å². The number of hydrogen-bond acceptors (Lipinski definition) is 2. The largest absolute Gasteiger partial charge is 0.313 e. The fraction of sp³-hybridized carbons (Fsp3) is 0.478. The second-order valence-electron chi connectivity index (χ2n) is 7.34. The third-order valence-electron chi connectivity index (χ3n) is 5.32. The van der Waals surface area contributed by atoms with Crippen LogP contribution >= 0.6 is 0 Å². The molecule has 0 saturated carbocycles. The van der Waals surface area contributed by atoms with E-state index in [4.69, 9.17) is 0 Å². The molecule has 0 amide bonds. The van der Waals surface area contributed by atoms with Crippen LogP contribution < -0.4 is 5.32 Å².